The molecule has 0 aromatic heterocycles. The van der Waals surface area contributed by atoms with Crippen LogP contribution in [0.1, 0.15) is 24.1 Å². The van der Waals surface area contributed by atoms with E-state index < -0.39 is 0 Å². The predicted molar refractivity (Wildman–Crippen MR) is 80.3 cm³/mol. The summed E-state index contributed by atoms with van der Waals surface area (Å²) >= 11 is 11.9. The van der Waals surface area contributed by atoms with E-state index in [1.165, 1.54) is 6.07 Å². The number of ether oxygens (including phenoxy) is 1. The van der Waals surface area contributed by atoms with Crippen molar-refractivity contribution in [3.63, 3.8) is 0 Å². The van der Waals surface area contributed by atoms with Gasteiger partial charge >= 0.3 is 0 Å². The van der Waals surface area contributed by atoms with Crippen molar-refractivity contribution >= 4 is 23.2 Å². The van der Waals surface area contributed by atoms with E-state index in [9.17, 15) is 4.39 Å². The van der Waals surface area contributed by atoms with Crippen LogP contribution in [0, 0.1) is 12.7 Å². The third-order valence-corrected chi connectivity index (χ3v) is 3.43. The molecular weight excluding hydrogens is 300 g/mol. The first-order valence-electron chi connectivity index (χ1n) is 6.07. The van der Waals surface area contributed by atoms with Gasteiger partial charge in [0.1, 0.15) is 17.3 Å². The fourth-order valence-corrected chi connectivity index (χ4v) is 2.24. The lowest BCUT2D eigenvalue weighted by Gasteiger charge is -2.16. The number of nitrogens with two attached hydrogens (primary N) is 1. The molecule has 0 aliphatic rings. The Hall–Kier alpha value is -1.29. The van der Waals surface area contributed by atoms with Gasteiger partial charge in [-0.15, -0.1) is 0 Å². The molecule has 0 radical (unpaired) electrons. The van der Waals surface area contributed by atoms with Gasteiger partial charge in [0.05, 0.1) is 5.02 Å². The quantitative estimate of drug-likeness (QED) is 0.839. The number of aryl methyl sites for hydroxylation is 1. The summed E-state index contributed by atoms with van der Waals surface area (Å²) < 4.78 is 19.4. The molecule has 2 rings (SSSR count). The lowest BCUT2D eigenvalue weighted by Crippen LogP contribution is -2.08. The summed E-state index contributed by atoms with van der Waals surface area (Å²) in [4.78, 5) is 0. The fourth-order valence-electron chi connectivity index (χ4n) is 1.79. The number of rotatable bonds is 3. The molecule has 2 aromatic rings. The summed E-state index contributed by atoms with van der Waals surface area (Å²) in [6, 6.07) is 7.56. The minimum atomic E-state index is -0.355. The van der Waals surface area contributed by atoms with Gasteiger partial charge < -0.3 is 10.5 Å². The highest BCUT2D eigenvalue weighted by molar-refractivity contribution is 6.35. The highest BCUT2D eigenvalue weighted by Crippen LogP contribution is 2.35. The van der Waals surface area contributed by atoms with Gasteiger partial charge in [-0.1, -0.05) is 23.2 Å². The third kappa shape index (κ3) is 3.23. The van der Waals surface area contributed by atoms with Gasteiger partial charge in [-0.2, -0.15) is 0 Å². The molecule has 0 fully saturated rings. The molecule has 0 heterocycles. The van der Waals surface area contributed by atoms with E-state index in [1.807, 2.05) is 0 Å². The maximum atomic E-state index is 13.6. The zero-order chi connectivity index (χ0) is 14.9. The van der Waals surface area contributed by atoms with Gasteiger partial charge in [-0.3, -0.25) is 0 Å². The van der Waals surface area contributed by atoms with Crippen LogP contribution in [0.15, 0.2) is 30.3 Å². The van der Waals surface area contributed by atoms with E-state index in [-0.39, 0.29) is 11.9 Å². The summed E-state index contributed by atoms with van der Waals surface area (Å²) in [5, 5.41) is 0.903. The van der Waals surface area contributed by atoms with Crippen molar-refractivity contribution in [3.8, 4) is 11.5 Å². The Morgan fingerprint density at radius 1 is 1.15 bits per heavy atom. The van der Waals surface area contributed by atoms with E-state index in [0.29, 0.717) is 32.7 Å². The van der Waals surface area contributed by atoms with Crippen molar-refractivity contribution in [1.29, 1.82) is 0 Å². The maximum Gasteiger partial charge on any atom is 0.146 e. The highest BCUT2D eigenvalue weighted by Gasteiger charge is 2.14. The summed E-state index contributed by atoms with van der Waals surface area (Å²) in [6.07, 6.45) is 0. The highest BCUT2D eigenvalue weighted by atomic mass is 35.5. The standard InChI is InChI=1S/C15H14Cl2FNO/c1-8-5-15(11(9(2)19)7-13(8)18)20-14-4-3-10(16)6-12(14)17/h3-7,9H,19H2,1-2H3. The molecule has 20 heavy (non-hydrogen) atoms. The smallest absolute Gasteiger partial charge is 0.146 e. The number of halogens is 3. The lowest BCUT2D eigenvalue weighted by atomic mass is 10.1. The van der Waals surface area contributed by atoms with Gasteiger partial charge in [0.25, 0.3) is 0 Å². The Labute approximate surface area is 127 Å². The fraction of sp³-hybridized carbons (Fsp3) is 0.200. The van der Waals surface area contributed by atoms with Crippen molar-refractivity contribution in [3.05, 3.63) is 57.3 Å². The third-order valence-electron chi connectivity index (χ3n) is 2.90. The molecule has 0 aliphatic carbocycles. The molecule has 0 spiro atoms. The second-order valence-electron chi connectivity index (χ2n) is 4.60. The molecule has 2 aromatic carbocycles. The van der Waals surface area contributed by atoms with Crippen LogP contribution in [0.4, 0.5) is 4.39 Å². The minimum Gasteiger partial charge on any atom is -0.455 e. The summed E-state index contributed by atoms with van der Waals surface area (Å²) in [5.74, 6) is 0.624. The molecule has 1 atom stereocenters. The second kappa shape index (κ2) is 6.00. The first-order valence-corrected chi connectivity index (χ1v) is 6.82. The Kier molecular flexibility index (Phi) is 4.53. The van der Waals surface area contributed by atoms with Crippen molar-refractivity contribution < 1.29 is 9.13 Å². The lowest BCUT2D eigenvalue weighted by molar-refractivity contribution is 0.468. The molecule has 0 saturated carbocycles. The van der Waals surface area contributed by atoms with E-state index in [4.69, 9.17) is 33.7 Å². The molecule has 5 heteroatoms. The zero-order valence-electron chi connectivity index (χ0n) is 11.1. The average Bonchev–Trinajstić information content (AvgIpc) is 2.36. The molecule has 0 bridgehead atoms. The summed E-state index contributed by atoms with van der Waals surface area (Å²) in [7, 11) is 0. The minimum absolute atomic E-state index is 0.313. The monoisotopic (exact) mass is 313 g/mol. The molecule has 0 saturated heterocycles. The molecular formula is C15H14Cl2FNO. The van der Waals surface area contributed by atoms with Crippen molar-refractivity contribution in [2.45, 2.75) is 19.9 Å². The first-order chi connectivity index (χ1) is 9.38. The molecule has 0 aliphatic heterocycles. The number of benzene rings is 2. The van der Waals surface area contributed by atoms with Crippen LogP contribution in [0.3, 0.4) is 0 Å². The van der Waals surface area contributed by atoms with Gasteiger partial charge in [0.15, 0.2) is 0 Å². The topological polar surface area (TPSA) is 35.2 Å². The van der Waals surface area contributed by atoms with Crippen LogP contribution in [0.5, 0.6) is 11.5 Å². The van der Waals surface area contributed by atoms with Crippen LogP contribution in [0.2, 0.25) is 10.0 Å². The Bertz CT molecular complexity index is 644. The van der Waals surface area contributed by atoms with Crippen molar-refractivity contribution in [1.82, 2.24) is 0 Å². The van der Waals surface area contributed by atoms with E-state index in [0.717, 1.165) is 0 Å². The van der Waals surface area contributed by atoms with Crippen LogP contribution in [0.25, 0.3) is 0 Å². The molecule has 1 unspecified atom stereocenters. The molecule has 2 nitrogen and oxygen atoms in total. The second-order valence-corrected chi connectivity index (χ2v) is 5.45. The molecule has 106 valence electrons. The maximum absolute atomic E-state index is 13.6. The van der Waals surface area contributed by atoms with E-state index in [2.05, 4.69) is 0 Å². The summed E-state index contributed by atoms with van der Waals surface area (Å²) in [6.45, 7) is 3.43. The van der Waals surface area contributed by atoms with Crippen LogP contribution in [-0.2, 0) is 0 Å². The zero-order valence-corrected chi connectivity index (χ0v) is 12.6. The van der Waals surface area contributed by atoms with Crippen LogP contribution in [-0.4, -0.2) is 0 Å². The molecule has 2 N–H and O–H groups in total. The number of hydrogen-bond donors (Lipinski definition) is 1. The molecule has 0 amide bonds. The van der Waals surface area contributed by atoms with Gasteiger partial charge in [0.2, 0.25) is 0 Å². The van der Waals surface area contributed by atoms with E-state index in [1.54, 1.807) is 38.1 Å². The first kappa shape index (κ1) is 15.1. The van der Waals surface area contributed by atoms with Crippen molar-refractivity contribution in [2.75, 3.05) is 0 Å². The van der Waals surface area contributed by atoms with Crippen molar-refractivity contribution in [2.24, 2.45) is 5.73 Å². The largest absolute Gasteiger partial charge is 0.455 e. The predicted octanol–water partition coefficient (Wildman–Crippen LogP) is 5.25. The SMILES string of the molecule is Cc1cc(Oc2ccc(Cl)cc2Cl)c(C(C)N)cc1F. The van der Waals surface area contributed by atoms with Gasteiger partial charge in [0, 0.05) is 16.6 Å². The van der Waals surface area contributed by atoms with Crippen LogP contribution >= 0.6 is 23.2 Å². The Morgan fingerprint density at radius 2 is 1.85 bits per heavy atom. The summed E-state index contributed by atoms with van der Waals surface area (Å²) in [5.41, 5.74) is 6.91. The van der Waals surface area contributed by atoms with Gasteiger partial charge in [-0.05, 0) is 49.7 Å². The Balaban J connectivity index is 2.44. The van der Waals surface area contributed by atoms with Gasteiger partial charge in [-0.25, -0.2) is 4.39 Å². The average molecular weight is 314 g/mol. The normalized spacial score (nSPS) is 12.3. The van der Waals surface area contributed by atoms with Crippen LogP contribution < -0.4 is 10.5 Å². The number of hydrogen-bond acceptors (Lipinski definition) is 2. The Morgan fingerprint density at radius 3 is 2.45 bits per heavy atom. The van der Waals surface area contributed by atoms with E-state index >= 15 is 0 Å².